The van der Waals surface area contributed by atoms with E-state index < -0.39 is 10.0 Å². The van der Waals surface area contributed by atoms with Crippen molar-refractivity contribution in [3.05, 3.63) is 29.8 Å². The predicted molar refractivity (Wildman–Crippen MR) is 101 cm³/mol. The van der Waals surface area contributed by atoms with Gasteiger partial charge in [0.15, 0.2) is 0 Å². The van der Waals surface area contributed by atoms with Crippen molar-refractivity contribution >= 4 is 10.0 Å². The lowest BCUT2D eigenvalue weighted by Crippen LogP contribution is -2.51. The minimum atomic E-state index is -3.50. The molecule has 1 aromatic carbocycles. The Bertz CT molecular complexity index is 642. The summed E-state index contributed by atoms with van der Waals surface area (Å²) in [5.41, 5.74) is 1.13. The van der Waals surface area contributed by atoms with Crippen molar-refractivity contribution in [1.29, 1.82) is 0 Å². The summed E-state index contributed by atoms with van der Waals surface area (Å²) in [6, 6.07) is 7.37. The van der Waals surface area contributed by atoms with Crippen LogP contribution >= 0.6 is 0 Å². The number of morpholine rings is 1. The van der Waals surface area contributed by atoms with Gasteiger partial charge in [0.05, 0.1) is 18.1 Å². The zero-order chi connectivity index (χ0) is 18.7. The van der Waals surface area contributed by atoms with Gasteiger partial charge in [0, 0.05) is 25.7 Å². The number of sulfonamides is 1. The summed E-state index contributed by atoms with van der Waals surface area (Å²) in [7, 11) is -3.50. The number of ether oxygens (including phenoxy) is 1. The quantitative estimate of drug-likeness (QED) is 0.839. The van der Waals surface area contributed by atoms with Crippen molar-refractivity contribution in [2.24, 2.45) is 5.92 Å². The van der Waals surface area contributed by atoms with Gasteiger partial charge >= 0.3 is 0 Å². The number of nitrogens with one attached hydrogen (secondary N) is 1. The predicted octanol–water partition coefficient (Wildman–Crippen LogP) is 2.62. The molecule has 0 radical (unpaired) electrons. The van der Waals surface area contributed by atoms with Crippen LogP contribution in [-0.4, -0.2) is 52.2 Å². The van der Waals surface area contributed by atoms with Gasteiger partial charge in [-0.1, -0.05) is 46.8 Å². The van der Waals surface area contributed by atoms with E-state index in [0.717, 1.165) is 18.7 Å². The SMILES string of the molecule is CC(C)C(CNS(=O)(=O)c1ccc(C(C)(C)C)cc1)N1CCOCC1. The summed E-state index contributed by atoms with van der Waals surface area (Å²) >= 11 is 0. The molecule has 5 nitrogen and oxygen atoms in total. The van der Waals surface area contributed by atoms with E-state index in [4.69, 9.17) is 4.74 Å². The molecule has 1 aliphatic rings. The highest BCUT2D eigenvalue weighted by atomic mass is 32.2. The van der Waals surface area contributed by atoms with Crippen molar-refractivity contribution in [1.82, 2.24) is 9.62 Å². The zero-order valence-electron chi connectivity index (χ0n) is 16.1. The summed E-state index contributed by atoms with van der Waals surface area (Å²) in [5.74, 6) is 0.365. The molecule has 142 valence electrons. The molecular formula is C19H32N2O3S. The van der Waals surface area contributed by atoms with Crippen LogP contribution in [0.3, 0.4) is 0 Å². The maximum Gasteiger partial charge on any atom is 0.240 e. The Labute approximate surface area is 152 Å². The third kappa shape index (κ3) is 5.51. The van der Waals surface area contributed by atoms with Crippen molar-refractivity contribution in [2.45, 2.75) is 51.0 Å². The van der Waals surface area contributed by atoms with E-state index in [1.165, 1.54) is 0 Å². The van der Waals surface area contributed by atoms with Gasteiger partial charge in [-0.15, -0.1) is 0 Å². The van der Waals surface area contributed by atoms with Gasteiger partial charge in [-0.25, -0.2) is 13.1 Å². The first-order chi connectivity index (χ1) is 11.6. The molecule has 0 bridgehead atoms. The molecule has 1 aliphatic heterocycles. The molecule has 1 unspecified atom stereocenters. The van der Waals surface area contributed by atoms with Gasteiger partial charge in [0.25, 0.3) is 0 Å². The Morgan fingerprint density at radius 2 is 1.68 bits per heavy atom. The van der Waals surface area contributed by atoms with Crippen LogP contribution in [0.25, 0.3) is 0 Å². The van der Waals surface area contributed by atoms with Crippen molar-refractivity contribution in [3.63, 3.8) is 0 Å². The fourth-order valence-corrected chi connectivity index (χ4v) is 4.16. The molecule has 1 aromatic rings. The van der Waals surface area contributed by atoms with Crippen molar-refractivity contribution in [3.8, 4) is 0 Å². The van der Waals surface area contributed by atoms with Gasteiger partial charge < -0.3 is 4.74 Å². The van der Waals surface area contributed by atoms with Gasteiger partial charge in [0.2, 0.25) is 10.0 Å². The second kappa shape index (κ2) is 8.16. The molecule has 1 saturated heterocycles. The molecule has 2 rings (SSSR count). The van der Waals surface area contributed by atoms with E-state index in [1.54, 1.807) is 12.1 Å². The Balaban J connectivity index is 2.06. The average molecular weight is 369 g/mol. The van der Waals surface area contributed by atoms with Crippen LogP contribution in [-0.2, 0) is 20.2 Å². The van der Waals surface area contributed by atoms with Crippen LogP contribution in [0, 0.1) is 5.92 Å². The standard InChI is InChI=1S/C19H32N2O3S/c1-15(2)18(21-10-12-24-13-11-21)14-20-25(22,23)17-8-6-16(7-9-17)19(3,4)5/h6-9,15,18,20H,10-14H2,1-5H3. The maximum absolute atomic E-state index is 12.6. The zero-order valence-corrected chi connectivity index (χ0v) is 16.9. The normalized spacial score (nSPS) is 18.5. The number of benzene rings is 1. The number of hydrogen-bond acceptors (Lipinski definition) is 4. The Kier molecular flexibility index (Phi) is 6.65. The molecule has 1 fully saturated rings. The molecule has 0 saturated carbocycles. The highest BCUT2D eigenvalue weighted by Gasteiger charge is 2.26. The van der Waals surface area contributed by atoms with Gasteiger partial charge in [-0.3, -0.25) is 4.90 Å². The fourth-order valence-electron chi connectivity index (χ4n) is 3.11. The fraction of sp³-hybridized carbons (Fsp3) is 0.684. The molecule has 1 heterocycles. The highest BCUT2D eigenvalue weighted by molar-refractivity contribution is 7.89. The van der Waals surface area contributed by atoms with Crippen LogP contribution in [0.15, 0.2) is 29.2 Å². The van der Waals surface area contributed by atoms with Gasteiger partial charge in [0.1, 0.15) is 0 Å². The molecule has 1 atom stereocenters. The van der Waals surface area contributed by atoms with Crippen LogP contribution in [0.2, 0.25) is 0 Å². The van der Waals surface area contributed by atoms with E-state index in [9.17, 15) is 8.42 Å². The third-order valence-electron chi connectivity index (χ3n) is 4.80. The van der Waals surface area contributed by atoms with Gasteiger partial charge in [-0.05, 0) is 29.0 Å². The largest absolute Gasteiger partial charge is 0.379 e. The third-order valence-corrected chi connectivity index (χ3v) is 6.24. The molecule has 25 heavy (non-hydrogen) atoms. The van der Waals surface area contributed by atoms with Crippen LogP contribution in [0.1, 0.15) is 40.2 Å². The first kappa shape index (κ1) is 20.4. The minimum absolute atomic E-state index is 0.00872. The average Bonchev–Trinajstić information content (AvgIpc) is 2.55. The minimum Gasteiger partial charge on any atom is -0.379 e. The van der Waals surface area contributed by atoms with E-state index in [2.05, 4.69) is 44.2 Å². The smallest absolute Gasteiger partial charge is 0.240 e. The molecule has 0 aromatic heterocycles. The summed E-state index contributed by atoms with van der Waals surface area (Å²) in [5, 5.41) is 0. The van der Waals surface area contributed by atoms with Crippen LogP contribution < -0.4 is 4.72 Å². The van der Waals surface area contributed by atoms with E-state index in [-0.39, 0.29) is 11.5 Å². The number of nitrogens with zero attached hydrogens (tertiary/aromatic N) is 1. The second-order valence-electron chi connectivity index (χ2n) is 8.09. The van der Waals surface area contributed by atoms with Crippen molar-refractivity contribution in [2.75, 3.05) is 32.8 Å². The molecule has 0 amide bonds. The molecule has 1 N–H and O–H groups in total. The molecule has 0 spiro atoms. The Hall–Kier alpha value is -0.950. The van der Waals surface area contributed by atoms with E-state index in [1.807, 2.05) is 12.1 Å². The first-order valence-corrected chi connectivity index (χ1v) is 10.5. The Morgan fingerprint density at radius 3 is 2.16 bits per heavy atom. The lowest BCUT2D eigenvalue weighted by molar-refractivity contribution is 0.00776. The summed E-state index contributed by atoms with van der Waals surface area (Å²) in [4.78, 5) is 2.64. The molecule has 0 aliphatic carbocycles. The van der Waals surface area contributed by atoms with Crippen molar-refractivity contribution < 1.29 is 13.2 Å². The number of rotatable bonds is 6. The topological polar surface area (TPSA) is 58.6 Å². The van der Waals surface area contributed by atoms with Crippen LogP contribution in [0.4, 0.5) is 0 Å². The lowest BCUT2D eigenvalue weighted by Gasteiger charge is -2.36. The lowest BCUT2D eigenvalue weighted by atomic mass is 9.87. The van der Waals surface area contributed by atoms with E-state index in [0.29, 0.717) is 30.6 Å². The first-order valence-electron chi connectivity index (χ1n) is 9.03. The summed E-state index contributed by atoms with van der Waals surface area (Å²) < 4.78 is 33.5. The van der Waals surface area contributed by atoms with E-state index >= 15 is 0 Å². The Morgan fingerprint density at radius 1 is 1.12 bits per heavy atom. The number of hydrogen-bond donors (Lipinski definition) is 1. The summed E-state index contributed by atoms with van der Waals surface area (Å²) in [6.45, 7) is 14.2. The molecule has 6 heteroatoms. The maximum atomic E-state index is 12.6. The second-order valence-corrected chi connectivity index (χ2v) is 9.85. The monoisotopic (exact) mass is 368 g/mol. The van der Waals surface area contributed by atoms with Gasteiger partial charge in [-0.2, -0.15) is 0 Å². The van der Waals surface area contributed by atoms with Crippen LogP contribution in [0.5, 0.6) is 0 Å². The summed E-state index contributed by atoms with van der Waals surface area (Å²) in [6.07, 6.45) is 0. The molecular weight excluding hydrogens is 336 g/mol. The highest BCUT2D eigenvalue weighted by Crippen LogP contribution is 2.23.